The number of nitrogens with zero attached hydrogens (tertiary/aromatic N) is 2. The molecule has 0 radical (unpaired) electrons. The van der Waals surface area contributed by atoms with Gasteiger partial charge in [-0.15, -0.1) is 0 Å². The minimum absolute atomic E-state index is 0.123. The van der Waals surface area contributed by atoms with Crippen LogP contribution >= 0.6 is 0 Å². The molecule has 2 aromatic rings. The van der Waals surface area contributed by atoms with E-state index >= 15 is 0 Å². The Morgan fingerprint density at radius 2 is 1.72 bits per heavy atom. The first-order valence-electron chi connectivity index (χ1n) is 10.5. The Morgan fingerprint density at radius 1 is 1.07 bits per heavy atom. The molecule has 0 unspecified atom stereocenters. The van der Waals surface area contributed by atoms with Crippen LogP contribution in [0.15, 0.2) is 16.9 Å². The van der Waals surface area contributed by atoms with Crippen LogP contribution in [0.4, 0.5) is 0 Å². The van der Waals surface area contributed by atoms with Crippen LogP contribution < -0.4 is 10.3 Å². The lowest BCUT2D eigenvalue weighted by Gasteiger charge is -2.20. The molecule has 0 atom stereocenters. The van der Waals surface area contributed by atoms with Crippen molar-refractivity contribution >= 4 is 5.97 Å². The van der Waals surface area contributed by atoms with Gasteiger partial charge in [-0.3, -0.25) is 9.59 Å². The molecule has 0 saturated heterocycles. The third-order valence-corrected chi connectivity index (χ3v) is 5.50. The summed E-state index contributed by atoms with van der Waals surface area (Å²) in [5.74, 6) is -0.0102. The number of carbonyl (C=O) groups excluding carboxylic acids is 1. The normalized spacial score (nSPS) is 14.4. The van der Waals surface area contributed by atoms with E-state index in [1.807, 2.05) is 20.8 Å². The Labute approximate surface area is 172 Å². The van der Waals surface area contributed by atoms with E-state index in [9.17, 15) is 9.59 Å². The van der Waals surface area contributed by atoms with Crippen molar-refractivity contribution in [2.75, 3.05) is 13.2 Å². The molecule has 1 aliphatic rings. The molecule has 0 aliphatic carbocycles. The molecule has 6 nitrogen and oxygen atoms in total. The van der Waals surface area contributed by atoms with Crippen molar-refractivity contribution in [2.45, 2.75) is 67.5 Å². The average Bonchev–Trinajstić information content (AvgIpc) is 2.82. The van der Waals surface area contributed by atoms with Crippen molar-refractivity contribution in [1.82, 2.24) is 9.36 Å². The van der Waals surface area contributed by atoms with Crippen molar-refractivity contribution in [3.8, 4) is 17.0 Å². The van der Waals surface area contributed by atoms with E-state index in [0.29, 0.717) is 37.7 Å². The molecule has 0 N–H and O–H groups in total. The Hall–Kier alpha value is -2.34. The van der Waals surface area contributed by atoms with E-state index in [2.05, 4.69) is 32.9 Å². The van der Waals surface area contributed by atoms with E-state index in [4.69, 9.17) is 9.47 Å². The standard InChI is InChI=1S/C23H32N2O4/c1-7-16-10-9-15(3)17(8-2)18(16)19-20(26)24-11-13-28-14-12-25(24)21(19)29-22(27)23(4,5)6/h9-10H,7-8,11-14H2,1-6H3. The van der Waals surface area contributed by atoms with Gasteiger partial charge >= 0.3 is 5.97 Å². The number of hydrogen-bond donors (Lipinski definition) is 0. The molecular formula is C23H32N2O4. The molecule has 158 valence electrons. The number of rotatable bonds is 4. The van der Waals surface area contributed by atoms with E-state index in [0.717, 1.165) is 35.1 Å². The molecule has 1 aromatic carbocycles. The Balaban J connectivity index is 2.34. The Morgan fingerprint density at radius 3 is 2.31 bits per heavy atom. The number of fused-ring (bicyclic) bond motifs is 1. The second kappa shape index (κ2) is 8.19. The highest BCUT2D eigenvalue weighted by Gasteiger charge is 2.32. The second-order valence-electron chi connectivity index (χ2n) is 8.59. The number of hydrogen-bond acceptors (Lipinski definition) is 4. The van der Waals surface area contributed by atoms with Crippen molar-refractivity contribution in [2.24, 2.45) is 5.41 Å². The minimum atomic E-state index is -0.676. The third-order valence-electron chi connectivity index (χ3n) is 5.50. The zero-order valence-corrected chi connectivity index (χ0v) is 18.4. The van der Waals surface area contributed by atoms with E-state index in [-0.39, 0.29) is 11.5 Å². The van der Waals surface area contributed by atoms with Gasteiger partial charge in [0.1, 0.15) is 5.56 Å². The quantitative estimate of drug-likeness (QED) is 0.734. The number of aromatic nitrogens is 2. The number of carbonyl (C=O) groups is 1. The highest BCUT2D eigenvalue weighted by molar-refractivity contribution is 5.82. The number of ether oxygens (including phenoxy) is 2. The fraction of sp³-hybridized carbons (Fsp3) is 0.565. The molecule has 6 heteroatoms. The van der Waals surface area contributed by atoms with Crippen LogP contribution in [-0.2, 0) is 35.5 Å². The summed E-state index contributed by atoms with van der Waals surface area (Å²) in [6.45, 7) is 13.5. The topological polar surface area (TPSA) is 62.5 Å². The lowest BCUT2D eigenvalue weighted by Crippen LogP contribution is -2.27. The molecule has 0 fully saturated rings. The van der Waals surface area contributed by atoms with Gasteiger partial charge in [0.15, 0.2) is 0 Å². The average molecular weight is 401 g/mol. The zero-order chi connectivity index (χ0) is 21.3. The van der Waals surface area contributed by atoms with Crippen molar-refractivity contribution in [3.63, 3.8) is 0 Å². The van der Waals surface area contributed by atoms with Crippen molar-refractivity contribution < 1.29 is 14.3 Å². The number of benzene rings is 1. The summed E-state index contributed by atoms with van der Waals surface area (Å²) in [6, 6.07) is 4.18. The Kier molecular flexibility index (Phi) is 6.03. The summed E-state index contributed by atoms with van der Waals surface area (Å²) >= 11 is 0. The maximum Gasteiger partial charge on any atom is 0.317 e. The molecule has 0 saturated carbocycles. The first kappa shape index (κ1) is 21.4. The molecule has 1 aliphatic heterocycles. The third kappa shape index (κ3) is 3.90. The van der Waals surface area contributed by atoms with E-state index in [1.54, 1.807) is 9.36 Å². The second-order valence-corrected chi connectivity index (χ2v) is 8.59. The summed E-state index contributed by atoms with van der Waals surface area (Å²) in [5, 5.41) is 0. The van der Waals surface area contributed by atoms with Crippen LogP contribution in [-0.4, -0.2) is 28.5 Å². The molecule has 29 heavy (non-hydrogen) atoms. The van der Waals surface area contributed by atoms with Crippen molar-refractivity contribution in [3.05, 3.63) is 39.2 Å². The van der Waals surface area contributed by atoms with E-state index in [1.165, 1.54) is 0 Å². The van der Waals surface area contributed by atoms with Crippen LogP contribution in [0.5, 0.6) is 5.88 Å². The van der Waals surface area contributed by atoms with Gasteiger partial charge in [0.2, 0.25) is 5.88 Å². The number of aryl methyl sites for hydroxylation is 2. The molecule has 0 spiro atoms. The highest BCUT2D eigenvalue weighted by atomic mass is 16.5. The fourth-order valence-corrected chi connectivity index (χ4v) is 3.84. The van der Waals surface area contributed by atoms with Crippen molar-refractivity contribution in [1.29, 1.82) is 0 Å². The lowest BCUT2D eigenvalue weighted by molar-refractivity contribution is -0.143. The van der Waals surface area contributed by atoms with Gasteiger partial charge in [0, 0.05) is 0 Å². The molecule has 0 bridgehead atoms. The van der Waals surface area contributed by atoms with Gasteiger partial charge in [-0.1, -0.05) is 26.0 Å². The first-order valence-corrected chi connectivity index (χ1v) is 10.5. The molecule has 3 rings (SSSR count). The molecule has 1 aromatic heterocycles. The SMILES string of the molecule is CCc1ccc(C)c(CC)c1-c1c(OC(=O)C(C)(C)C)n2n(c1=O)CCOCC2. The van der Waals surface area contributed by atoms with E-state index < -0.39 is 5.41 Å². The summed E-state index contributed by atoms with van der Waals surface area (Å²) in [4.78, 5) is 26.4. The van der Waals surface area contributed by atoms with Gasteiger partial charge in [-0.25, -0.2) is 9.36 Å². The summed E-state index contributed by atoms with van der Waals surface area (Å²) in [6.07, 6.45) is 1.60. The highest BCUT2D eigenvalue weighted by Crippen LogP contribution is 2.36. The van der Waals surface area contributed by atoms with Gasteiger partial charge in [0.05, 0.1) is 31.7 Å². The number of esters is 1. The Bertz CT molecular complexity index is 976. The largest absolute Gasteiger partial charge is 0.407 e. The molecule has 2 heterocycles. The fourth-order valence-electron chi connectivity index (χ4n) is 3.84. The van der Waals surface area contributed by atoms with Crippen LogP contribution in [0.2, 0.25) is 0 Å². The van der Waals surface area contributed by atoms with Gasteiger partial charge in [0.25, 0.3) is 5.56 Å². The smallest absolute Gasteiger partial charge is 0.317 e. The minimum Gasteiger partial charge on any atom is -0.407 e. The summed E-state index contributed by atoms with van der Waals surface area (Å²) in [5.41, 5.74) is 3.99. The maximum absolute atomic E-state index is 13.6. The van der Waals surface area contributed by atoms with Crippen LogP contribution in [0, 0.1) is 12.3 Å². The predicted molar refractivity (Wildman–Crippen MR) is 114 cm³/mol. The van der Waals surface area contributed by atoms with Crippen LogP contribution in [0.3, 0.4) is 0 Å². The van der Waals surface area contributed by atoms with Gasteiger partial charge < -0.3 is 9.47 Å². The first-order chi connectivity index (χ1) is 13.7. The molecule has 0 amide bonds. The lowest BCUT2D eigenvalue weighted by atomic mass is 9.90. The summed E-state index contributed by atoms with van der Waals surface area (Å²) in [7, 11) is 0. The van der Waals surface area contributed by atoms with Gasteiger partial charge in [-0.05, 0) is 62.8 Å². The molecular weight excluding hydrogens is 368 g/mol. The zero-order valence-electron chi connectivity index (χ0n) is 18.4. The van der Waals surface area contributed by atoms with Crippen LogP contribution in [0.25, 0.3) is 11.1 Å². The monoisotopic (exact) mass is 400 g/mol. The maximum atomic E-state index is 13.6. The summed E-state index contributed by atoms with van der Waals surface area (Å²) < 4.78 is 14.9. The van der Waals surface area contributed by atoms with Crippen LogP contribution in [0.1, 0.15) is 51.3 Å². The van der Waals surface area contributed by atoms with Gasteiger partial charge in [-0.2, -0.15) is 0 Å². The predicted octanol–water partition coefficient (Wildman–Crippen LogP) is 3.73.